The molecule has 0 atom stereocenters. The molecule has 0 aliphatic heterocycles. The van der Waals surface area contributed by atoms with Crippen LogP contribution in [0.25, 0.3) is 0 Å². The van der Waals surface area contributed by atoms with Crippen LogP contribution in [-0.2, 0) is 11.2 Å². The van der Waals surface area contributed by atoms with Crippen molar-refractivity contribution in [1.82, 2.24) is 5.32 Å². The van der Waals surface area contributed by atoms with Crippen LogP contribution in [0.5, 0.6) is 0 Å². The van der Waals surface area contributed by atoms with Gasteiger partial charge < -0.3 is 5.32 Å². The zero-order valence-electron chi connectivity index (χ0n) is 11.1. The first-order valence-electron chi connectivity index (χ1n) is 6.43. The zero-order chi connectivity index (χ0) is 13.2. The van der Waals surface area contributed by atoms with Crippen LogP contribution >= 0.6 is 15.9 Å². The summed E-state index contributed by atoms with van der Waals surface area (Å²) in [4.78, 5) is 11.9. The van der Waals surface area contributed by atoms with E-state index in [1.807, 2.05) is 6.07 Å². The molecule has 1 saturated carbocycles. The Morgan fingerprint density at radius 3 is 2.61 bits per heavy atom. The molecular formula is C15H20BrNO. The molecule has 0 radical (unpaired) electrons. The van der Waals surface area contributed by atoms with Gasteiger partial charge in [0.1, 0.15) is 0 Å². The molecule has 1 aliphatic rings. The van der Waals surface area contributed by atoms with Crippen LogP contribution < -0.4 is 5.32 Å². The number of benzene rings is 1. The van der Waals surface area contributed by atoms with Gasteiger partial charge in [0.15, 0.2) is 0 Å². The Balaban J connectivity index is 1.85. The van der Waals surface area contributed by atoms with Gasteiger partial charge in [0.2, 0.25) is 5.91 Å². The first-order valence-corrected chi connectivity index (χ1v) is 7.56. The van der Waals surface area contributed by atoms with Crippen molar-refractivity contribution in [3.8, 4) is 0 Å². The maximum atomic E-state index is 11.9. The fourth-order valence-electron chi connectivity index (χ4n) is 1.98. The number of carbonyl (C=O) groups excluding carboxylic acids is 1. The van der Waals surface area contributed by atoms with Crippen molar-refractivity contribution in [2.75, 3.05) is 11.9 Å². The number of hydrogen-bond acceptors (Lipinski definition) is 1. The molecule has 1 amide bonds. The number of halogens is 1. The Morgan fingerprint density at radius 2 is 2.06 bits per heavy atom. The van der Waals surface area contributed by atoms with E-state index in [9.17, 15) is 4.79 Å². The Labute approximate surface area is 117 Å². The van der Waals surface area contributed by atoms with E-state index in [4.69, 9.17) is 0 Å². The molecular weight excluding hydrogens is 290 g/mol. The van der Waals surface area contributed by atoms with Gasteiger partial charge in [0.05, 0.1) is 6.42 Å². The van der Waals surface area contributed by atoms with Crippen LogP contribution in [0.3, 0.4) is 0 Å². The number of nitrogens with one attached hydrogen (secondary N) is 1. The van der Waals surface area contributed by atoms with E-state index in [0.29, 0.717) is 11.8 Å². The third kappa shape index (κ3) is 3.35. The van der Waals surface area contributed by atoms with Crippen LogP contribution in [0.4, 0.5) is 0 Å². The summed E-state index contributed by atoms with van der Waals surface area (Å²) in [5.74, 6) is 0.130. The monoisotopic (exact) mass is 309 g/mol. The smallest absolute Gasteiger partial charge is 0.224 e. The van der Waals surface area contributed by atoms with Gasteiger partial charge in [0, 0.05) is 11.9 Å². The SMILES string of the molecule is Cc1ccc(CC(=O)NCC2(CBr)CC2)cc1C. The predicted molar refractivity (Wildman–Crippen MR) is 78.1 cm³/mol. The largest absolute Gasteiger partial charge is 0.355 e. The molecule has 0 unspecified atom stereocenters. The number of aryl methyl sites for hydroxylation is 2. The molecule has 1 aromatic rings. The van der Waals surface area contributed by atoms with Gasteiger partial charge in [-0.05, 0) is 48.8 Å². The first-order chi connectivity index (χ1) is 8.54. The molecule has 98 valence electrons. The van der Waals surface area contributed by atoms with Crippen molar-refractivity contribution in [2.24, 2.45) is 5.41 Å². The highest BCUT2D eigenvalue weighted by atomic mass is 79.9. The Bertz CT molecular complexity index is 452. The van der Waals surface area contributed by atoms with Gasteiger partial charge in [-0.2, -0.15) is 0 Å². The van der Waals surface area contributed by atoms with Crippen molar-refractivity contribution >= 4 is 21.8 Å². The number of amides is 1. The van der Waals surface area contributed by atoms with Gasteiger partial charge in [-0.15, -0.1) is 0 Å². The van der Waals surface area contributed by atoms with Crippen molar-refractivity contribution in [3.63, 3.8) is 0 Å². The molecule has 2 nitrogen and oxygen atoms in total. The maximum Gasteiger partial charge on any atom is 0.224 e. The molecule has 18 heavy (non-hydrogen) atoms. The van der Waals surface area contributed by atoms with Gasteiger partial charge in [-0.25, -0.2) is 0 Å². The van der Waals surface area contributed by atoms with E-state index in [2.05, 4.69) is 47.2 Å². The molecule has 1 aromatic carbocycles. The van der Waals surface area contributed by atoms with E-state index < -0.39 is 0 Å². The third-order valence-corrected chi connectivity index (χ3v) is 5.03. The zero-order valence-corrected chi connectivity index (χ0v) is 12.6. The minimum Gasteiger partial charge on any atom is -0.355 e. The normalized spacial score (nSPS) is 16.4. The average Bonchev–Trinajstić information content (AvgIpc) is 3.12. The summed E-state index contributed by atoms with van der Waals surface area (Å²) >= 11 is 3.52. The molecule has 3 heteroatoms. The summed E-state index contributed by atoms with van der Waals surface area (Å²) in [5, 5.41) is 4.04. The highest BCUT2D eigenvalue weighted by Gasteiger charge is 2.41. The number of alkyl halides is 1. The van der Waals surface area contributed by atoms with Crippen molar-refractivity contribution in [2.45, 2.75) is 33.1 Å². The molecule has 0 saturated heterocycles. The summed E-state index contributed by atoms with van der Waals surface area (Å²) in [7, 11) is 0. The van der Waals surface area contributed by atoms with Gasteiger partial charge in [0.25, 0.3) is 0 Å². The lowest BCUT2D eigenvalue weighted by Crippen LogP contribution is -2.32. The molecule has 0 aromatic heterocycles. The molecule has 0 heterocycles. The second-order valence-electron chi connectivity index (χ2n) is 5.51. The average molecular weight is 310 g/mol. The molecule has 2 rings (SSSR count). The quantitative estimate of drug-likeness (QED) is 0.832. The lowest BCUT2D eigenvalue weighted by molar-refractivity contribution is -0.120. The van der Waals surface area contributed by atoms with E-state index in [1.54, 1.807) is 0 Å². The second-order valence-corrected chi connectivity index (χ2v) is 6.07. The summed E-state index contributed by atoms with van der Waals surface area (Å²) in [6, 6.07) is 6.23. The number of rotatable bonds is 5. The topological polar surface area (TPSA) is 29.1 Å². The minimum absolute atomic E-state index is 0.130. The van der Waals surface area contributed by atoms with Crippen LogP contribution in [0.1, 0.15) is 29.5 Å². The maximum absolute atomic E-state index is 11.9. The Hall–Kier alpha value is -0.830. The first kappa shape index (κ1) is 13.6. The summed E-state index contributed by atoms with van der Waals surface area (Å²) in [6.45, 7) is 4.98. The molecule has 1 fully saturated rings. The van der Waals surface area contributed by atoms with Gasteiger partial charge in [-0.3, -0.25) is 4.79 Å². The van der Waals surface area contributed by atoms with Crippen LogP contribution in [-0.4, -0.2) is 17.8 Å². The molecule has 1 aliphatic carbocycles. The van der Waals surface area contributed by atoms with E-state index >= 15 is 0 Å². The van der Waals surface area contributed by atoms with Crippen molar-refractivity contribution in [1.29, 1.82) is 0 Å². The van der Waals surface area contributed by atoms with Gasteiger partial charge >= 0.3 is 0 Å². The number of carbonyl (C=O) groups is 1. The highest BCUT2D eigenvalue weighted by molar-refractivity contribution is 9.09. The fourth-order valence-corrected chi connectivity index (χ4v) is 2.74. The van der Waals surface area contributed by atoms with Crippen LogP contribution in [0, 0.1) is 19.3 Å². The minimum atomic E-state index is 0.130. The molecule has 0 spiro atoms. The van der Waals surface area contributed by atoms with E-state index in [0.717, 1.165) is 17.4 Å². The molecule has 1 N–H and O–H groups in total. The molecule has 0 bridgehead atoms. The summed E-state index contributed by atoms with van der Waals surface area (Å²) in [6.07, 6.45) is 2.93. The fraction of sp³-hybridized carbons (Fsp3) is 0.533. The lowest BCUT2D eigenvalue weighted by atomic mass is 10.0. The third-order valence-electron chi connectivity index (χ3n) is 3.84. The lowest BCUT2D eigenvalue weighted by Gasteiger charge is -2.13. The van der Waals surface area contributed by atoms with Gasteiger partial charge in [-0.1, -0.05) is 34.1 Å². The summed E-state index contributed by atoms with van der Waals surface area (Å²) in [5.41, 5.74) is 3.97. The second kappa shape index (κ2) is 5.43. The van der Waals surface area contributed by atoms with E-state index in [-0.39, 0.29) is 5.91 Å². The van der Waals surface area contributed by atoms with E-state index in [1.165, 1.54) is 24.0 Å². The standard InChI is InChI=1S/C15H20BrNO/c1-11-3-4-13(7-12(11)2)8-14(18)17-10-15(9-16)5-6-15/h3-4,7H,5-6,8-10H2,1-2H3,(H,17,18). The summed E-state index contributed by atoms with van der Waals surface area (Å²) < 4.78 is 0. The number of hydrogen-bond donors (Lipinski definition) is 1. The van der Waals surface area contributed by atoms with Crippen molar-refractivity contribution < 1.29 is 4.79 Å². The van der Waals surface area contributed by atoms with Crippen LogP contribution in [0.2, 0.25) is 0 Å². The van der Waals surface area contributed by atoms with Crippen LogP contribution in [0.15, 0.2) is 18.2 Å². The Kier molecular flexibility index (Phi) is 4.10. The van der Waals surface area contributed by atoms with Crippen molar-refractivity contribution in [3.05, 3.63) is 34.9 Å². The predicted octanol–water partition coefficient (Wildman–Crippen LogP) is 3.14. The highest BCUT2D eigenvalue weighted by Crippen LogP contribution is 2.46. The Morgan fingerprint density at radius 1 is 1.33 bits per heavy atom.